The van der Waals surface area contributed by atoms with Gasteiger partial charge in [0.05, 0.1) is 12.0 Å². The third kappa shape index (κ3) is 6.28. The van der Waals surface area contributed by atoms with Crippen LogP contribution in [0.2, 0.25) is 10.0 Å². The fraction of sp³-hybridized carbons (Fsp3) is 0.182. The monoisotopic (exact) mass is 508 g/mol. The number of ether oxygens (including phenoxy) is 2. The lowest BCUT2D eigenvalue weighted by Gasteiger charge is -2.11. The number of nitrogens with one attached hydrogen (secondary N) is 1. The molecule has 2 aromatic carbocycles. The predicted molar refractivity (Wildman–Crippen MR) is 126 cm³/mol. The zero-order valence-corrected chi connectivity index (χ0v) is 19.8. The second-order valence-corrected chi connectivity index (χ2v) is 8.66. The predicted octanol–water partition coefficient (Wildman–Crippen LogP) is 4.53. The van der Waals surface area contributed by atoms with Crippen LogP contribution in [0.15, 0.2) is 41.3 Å². The standard InChI is InChI=1S/C22H18Cl2N2O6S/c1-12-3-5-15(9-16(12)24)25-19(27)11-32-17-6-4-14(23)7-13(17)8-18-21(29)26(22(30)33-18)10-20(28)31-2/h3-9H,10-11H2,1-2H3,(H,25,27)/b18-8-. The summed E-state index contributed by atoms with van der Waals surface area (Å²) in [5.74, 6) is -1.51. The molecule has 1 fully saturated rings. The number of nitrogens with zero attached hydrogens (tertiary/aromatic N) is 1. The van der Waals surface area contributed by atoms with Crippen molar-refractivity contribution in [3.8, 4) is 5.75 Å². The lowest BCUT2D eigenvalue weighted by Crippen LogP contribution is -2.34. The van der Waals surface area contributed by atoms with E-state index in [1.807, 2.05) is 6.92 Å². The van der Waals surface area contributed by atoms with Crippen molar-refractivity contribution >= 4 is 69.8 Å². The van der Waals surface area contributed by atoms with Crippen LogP contribution in [0, 0.1) is 6.92 Å². The zero-order chi connectivity index (χ0) is 24.1. The highest BCUT2D eigenvalue weighted by Crippen LogP contribution is 2.34. The number of halogens is 2. The van der Waals surface area contributed by atoms with Gasteiger partial charge in [-0.3, -0.25) is 24.1 Å². The molecule has 0 saturated carbocycles. The van der Waals surface area contributed by atoms with E-state index < -0.39 is 29.6 Å². The number of imide groups is 1. The van der Waals surface area contributed by atoms with Gasteiger partial charge in [0.2, 0.25) is 0 Å². The highest BCUT2D eigenvalue weighted by Gasteiger charge is 2.36. The van der Waals surface area contributed by atoms with Crippen LogP contribution in [0.4, 0.5) is 10.5 Å². The molecule has 0 aliphatic carbocycles. The van der Waals surface area contributed by atoms with Gasteiger partial charge in [-0.1, -0.05) is 29.3 Å². The van der Waals surface area contributed by atoms with Crippen LogP contribution in [0.3, 0.4) is 0 Å². The smallest absolute Gasteiger partial charge is 0.325 e. The number of benzene rings is 2. The van der Waals surface area contributed by atoms with Crippen molar-refractivity contribution in [1.82, 2.24) is 4.90 Å². The van der Waals surface area contributed by atoms with Crippen LogP contribution in [0.1, 0.15) is 11.1 Å². The molecule has 0 radical (unpaired) electrons. The number of rotatable bonds is 7. The van der Waals surface area contributed by atoms with Crippen LogP contribution >= 0.6 is 35.0 Å². The van der Waals surface area contributed by atoms with Crippen LogP contribution in [-0.4, -0.2) is 48.2 Å². The van der Waals surface area contributed by atoms with Crippen LogP contribution in [-0.2, 0) is 19.1 Å². The maximum Gasteiger partial charge on any atom is 0.325 e. The average Bonchev–Trinajstić information content (AvgIpc) is 3.03. The number of anilines is 1. The minimum Gasteiger partial charge on any atom is -0.483 e. The SMILES string of the molecule is COC(=O)CN1C(=O)S/C(=C\c2cc(Cl)ccc2OCC(=O)Nc2ccc(C)c(Cl)c2)C1=O. The zero-order valence-electron chi connectivity index (χ0n) is 17.5. The quantitative estimate of drug-likeness (QED) is 0.432. The van der Waals surface area contributed by atoms with E-state index in [2.05, 4.69) is 10.1 Å². The second-order valence-electron chi connectivity index (χ2n) is 6.83. The number of amides is 3. The molecule has 33 heavy (non-hydrogen) atoms. The van der Waals surface area contributed by atoms with Crippen molar-refractivity contribution < 1.29 is 28.7 Å². The number of thioether (sulfide) groups is 1. The van der Waals surface area contributed by atoms with Gasteiger partial charge in [0, 0.05) is 21.3 Å². The van der Waals surface area contributed by atoms with Gasteiger partial charge in [0.25, 0.3) is 17.1 Å². The summed E-state index contributed by atoms with van der Waals surface area (Å²) >= 11 is 12.8. The van der Waals surface area contributed by atoms with E-state index in [1.165, 1.54) is 12.1 Å². The normalized spacial score (nSPS) is 14.5. The van der Waals surface area contributed by atoms with Gasteiger partial charge in [-0.2, -0.15) is 0 Å². The third-order valence-electron chi connectivity index (χ3n) is 4.46. The van der Waals surface area contributed by atoms with E-state index >= 15 is 0 Å². The Morgan fingerprint density at radius 2 is 1.91 bits per heavy atom. The highest BCUT2D eigenvalue weighted by molar-refractivity contribution is 8.18. The minimum absolute atomic E-state index is 0.0785. The van der Waals surface area contributed by atoms with E-state index in [0.717, 1.165) is 17.6 Å². The Balaban J connectivity index is 1.73. The summed E-state index contributed by atoms with van der Waals surface area (Å²) in [4.78, 5) is 49.3. The maximum absolute atomic E-state index is 12.5. The second kappa shape index (κ2) is 10.7. The van der Waals surface area contributed by atoms with Gasteiger partial charge in [-0.05, 0) is 60.7 Å². The Labute approximate surface area is 203 Å². The molecule has 3 rings (SSSR count). The van der Waals surface area contributed by atoms with E-state index in [9.17, 15) is 19.2 Å². The molecule has 1 aliphatic rings. The number of hydrogen-bond donors (Lipinski definition) is 1. The molecule has 1 aliphatic heterocycles. The molecule has 1 heterocycles. The largest absolute Gasteiger partial charge is 0.483 e. The number of aryl methyl sites for hydroxylation is 1. The van der Waals surface area contributed by atoms with Gasteiger partial charge in [-0.15, -0.1) is 0 Å². The summed E-state index contributed by atoms with van der Waals surface area (Å²) in [7, 11) is 1.16. The van der Waals surface area contributed by atoms with Gasteiger partial charge in [0.15, 0.2) is 6.61 Å². The molecule has 2 aromatic rings. The van der Waals surface area contributed by atoms with Gasteiger partial charge < -0.3 is 14.8 Å². The van der Waals surface area contributed by atoms with E-state index in [1.54, 1.807) is 30.3 Å². The van der Waals surface area contributed by atoms with Crippen molar-refractivity contribution in [2.24, 2.45) is 0 Å². The van der Waals surface area contributed by atoms with Crippen molar-refractivity contribution in [2.45, 2.75) is 6.92 Å². The van der Waals surface area contributed by atoms with Gasteiger partial charge >= 0.3 is 5.97 Å². The molecule has 172 valence electrons. The molecule has 3 amide bonds. The minimum atomic E-state index is -0.716. The third-order valence-corrected chi connectivity index (χ3v) is 6.01. The Kier molecular flexibility index (Phi) is 8.01. The molecule has 0 unspecified atom stereocenters. The molecular weight excluding hydrogens is 491 g/mol. The summed E-state index contributed by atoms with van der Waals surface area (Å²) < 4.78 is 10.1. The number of methoxy groups -OCH3 is 1. The van der Waals surface area contributed by atoms with E-state index in [0.29, 0.717) is 33.1 Å². The molecule has 11 heteroatoms. The summed E-state index contributed by atoms with van der Waals surface area (Å²) in [6, 6.07) is 9.77. The first-order valence-corrected chi connectivity index (χ1v) is 11.1. The Morgan fingerprint density at radius 1 is 1.15 bits per heavy atom. The first-order chi connectivity index (χ1) is 15.7. The molecule has 0 bridgehead atoms. The summed E-state index contributed by atoms with van der Waals surface area (Å²) in [5.41, 5.74) is 1.79. The number of hydrogen-bond acceptors (Lipinski definition) is 7. The van der Waals surface area contributed by atoms with Crippen molar-refractivity contribution in [1.29, 1.82) is 0 Å². The van der Waals surface area contributed by atoms with Crippen LogP contribution in [0.25, 0.3) is 6.08 Å². The number of carbonyl (C=O) groups excluding carboxylic acids is 4. The van der Waals surface area contributed by atoms with E-state index in [-0.39, 0.29) is 17.3 Å². The van der Waals surface area contributed by atoms with Crippen molar-refractivity contribution in [3.05, 3.63) is 62.5 Å². The van der Waals surface area contributed by atoms with Crippen LogP contribution < -0.4 is 10.1 Å². The van der Waals surface area contributed by atoms with E-state index in [4.69, 9.17) is 27.9 Å². The summed E-state index contributed by atoms with van der Waals surface area (Å²) in [5, 5.41) is 2.97. The number of carbonyl (C=O) groups is 4. The topological polar surface area (TPSA) is 102 Å². The maximum atomic E-state index is 12.5. The van der Waals surface area contributed by atoms with Crippen molar-refractivity contribution in [2.75, 3.05) is 25.6 Å². The molecular formula is C22H18Cl2N2O6S. The molecule has 0 spiro atoms. The van der Waals surface area contributed by atoms with Gasteiger partial charge in [0.1, 0.15) is 12.3 Å². The summed E-state index contributed by atoms with van der Waals surface area (Å²) in [6.45, 7) is 1.04. The lowest BCUT2D eigenvalue weighted by molar-refractivity contribution is -0.143. The molecule has 1 saturated heterocycles. The summed E-state index contributed by atoms with van der Waals surface area (Å²) in [6.07, 6.45) is 1.42. The first-order valence-electron chi connectivity index (χ1n) is 9.48. The first kappa shape index (κ1) is 24.6. The lowest BCUT2D eigenvalue weighted by atomic mass is 10.2. The Morgan fingerprint density at radius 3 is 2.61 bits per heavy atom. The Hall–Kier alpha value is -3.01. The fourth-order valence-corrected chi connectivity index (χ4v) is 3.94. The molecule has 1 N–H and O–H groups in total. The molecule has 0 atom stereocenters. The molecule has 0 aromatic heterocycles. The Bertz CT molecular complexity index is 1170. The highest BCUT2D eigenvalue weighted by atomic mass is 35.5. The van der Waals surface area contributed by atoms with Gasteiger partial charge in [-0.25, -0.2) is 0 Å². The fourth-order valence-electron chi connectivity index (χ4n) is 2.75. The molecule has 8 nitrogen and oxygen atoms in total. The van der Waals surface area contributed by atoms with Crippen LogP contribution in [0.5, 0.6) is 5.75 Å². The van der Waals surface area contributed by atoms with Crippen molar-refractivity contribution in [3.63, 3.8) is 0 Å². The number of esters is 1. The average molecular weight is 509 g/mol.